The van der Waals surface area contributed by atoms with Gasteiger partial charge in [-0.2, -0.15) is 0 Å². The van der Waals surface area contributed by atoms with Crippen LogP contribution in [0.5, 0.6) is 5.75 Å². The minimum Gasteiger partial charge on any atom is -0.484 e. The minimum atomic E-state index is -0.460. The second-order valence-electron chi connectivity index (χ2n) is 6.36. The van der Waals surface area contributed by atoms with Crippen molar-refractivity contribution in [2.24, 2.45) is 0 Å². The summed E-state index contributed by atoms with van der Waals surface area (Å²) in [5.74, 6) is -0.240. The average molecular weight is 386 g/mol. The van der Waals surface area contributed by atoms with Crippen molar-refractivity contribution in [3.8, 4) is 5.75 Å². The maximum absolute atomic E-state index is 12.2. The lowest BCUT2D eigenvalue weighted by molar-refractivity contribution is -0.123. The maximum atomic E-state index is 12.2. The quantitative estimate of drug-likeness (QED) is 0.590. The van der Waals surface area contributed by atoms with Gasteiger partial charge in [-0.15, -0.1) is 11.3 Å². The number of aryl methyl sites for hydroxylation is 2. The number of nitrogens with one attached hydrogen (secondary N) is 2. The monoisotopic (exact) mass is 386 g/mol. The highest BCUT2D eigenvalue weighted by molar-refractivity contribution is 7.14. The number of Topliss-reactive ketones (excluding diaryl/α,β-unsaturated/α-hetero) is 1. The van der Waals surface area contributed by atoms with Crippen LogP contribution in [0.15, 0.2) is 30.3 Å². The molecule has 0 bridgehead atoms. The van der Waals surface area contributed by atoms with Gasteiger partial charge in [-0.1, -0.05) is 6.92 Å². The molecule has 1 aromatic carbocycles. The van der Waals surface area contributed by atoms with Gasteiger partial charge in [-0.25, -0.2) is 0 Å². The second kappa shape index (κ2) is 8.81. The molecule has 0 atom stereocenters. The van der Waals surface area contributed by atoms with Gasteiger partial charge in [-0.3, -0.25) is 25.2 Å². The van der Waals surface area contributed by atoms with Crippen LogP contribution in [0.1, 0.15) is 56.7 Å². The number of hydrogen-bond donors (Lipinski definition) is 2. The van der Waals surface area contributed by atoms with E-state index in [1.54, 1.807) is 31.2 Å². The zero-order valence-corrected chi connectivity index (χ0v) is 16.0. The molecule has 0 fully saturated rings. The molecule has 27 heavy (non-hydrogen) atoms. The molecule has 7 heteroatoms. The van der Waals surface area contributed by atoms with E-state index in [4.69, 9.17) is 4.74 Å². The summed E-state index contributed by atoms with van der Waals surface area (Å²) in [7, 11) is 0. The zero-order valence-electron chi connectivity index (χ0n) is 15.2. The molecule has 2 N–H and O–H groups in total. The van der Waals surface area contributed by atoms with Crippen molar-refractivity contribution in [1.82, 2.24) is 10.9 Å². The van der Waals surface area contributed by atoms with E-state index in [0.717, 1.165) is 25.7 Å². The Bertz CT molecular complexity index is 819. The average Bonchev–Trinajstić information content (AvgIpc) is 3.14. The second-order valence-corrected chi connectivity index (χ2v) is 7.50. The molecule has 0 unspecified atom stereocenters. The highest BCUT2D eigenvalue weighted by Crippen LogP contribution is 2.29. The number of thiophene rings is 1. The van der Waals surface area contributed by atoms with E-state index < -0.39 is 5.91 Å². The van der Waals surface area contributed by atoms with Gasteiger partial charge in [0.05, 0.1) is 4.88 Å². The zero-order chi connectivity index (χ0) is 19.2. The Balaban J connectivity index is 1.44. The summed E-state index contributed by atoms with van der Waals surface area (Å²) < 4.78 is 5.37. The predicted octanol–water partition coefficient (Wildman–Crippen LogP) is 3.06. The van der Waals surface area contributed by atoms with Gasteiger partial charge in [0, 0.05) is 16.9 Å². The number of hydrogen-bond acceptors (Lipinski definition) is 5. The minimum absolute atomic E-state index is 0.0530. The number of rotatable bonds is 6. The third kappa shape index (κ3) is 4.95. The number of fused-ring (bicyclic) bond motifs is 1. The molecule has 2 amide bonds. The summed E-state index contributed by atoms with van der Waals surface area (Å²) in [6.45, 7) is 1.57. The van der Waals surface area contributed by atoms with E-state index in [2.05, 4.69) is 10.9 Å². The number of ether oxygens (including phenoxy) is 1. The van der Waals surface area contributed by atoms with Crippen LogP contribution < -0.4 is 15.6 Å². The lowest BCUT2D eigenvalue weighted by Gasteiger charge is -2.08. The molecule has 0 saturated carbocycles. The predicted molar refractivity (Wildman–Crippen MR) is 103 cm³/mol. The summed E-state index contributed by atoms with van der Waals surface area (Å²) in [6, 6.07) is 8.53. The van der Waals surface area contributed by atoms with Crippen LogP contribution in [0.25, 0.3) is 0 Å². The fraction of sp³-hybridized carbons (Fsp3) is 0.350. The van der Waals surface area contributed by atoms with Gasteiger partial charge < -0.3 is 4.74 Å². The molecule has 1 aliphatic carbocycles. The van der Waals surface area contributed by atoms with E-state index >= 15 is 0 Å². The van der Waals surface area contributed by atoms with Crippen molar-refractivity contribution in [2.45, 2.75) is 39.0 Å². The van der Waals surface area contributed by atoms with Gasteiger partial charge in [-0.05, 0) is 61.6 Å². The molecule has 0 spiro atoms. The van der Waals surface area contributed by atoms with Crippen molar-refractivity contribution < 1.29 is 19.1 Å². The largest absolute Gasteiger partial charge is 0.484 e. The number of carbonyl (C=O) groups is 3. The van der Waals surface area contributed by atoms with E-state index in [0.29, 0.717) is 22.6 Å². The Kier molecular flexibility index (Phi) is 6.24. The molecule has 1 aromatic heterocycles. The topological polar surface area (TPSA) is 84.5 Å². The molecule has 1 aliphatic rings. The van der Waals surface area contributed by atoms with Crippen LogP contribution >= 0.6 is 11.3 Å². The van der Waals surface area contributed by atoms with Gasteiger partial charge in [0.1, 0.15) is 5.75 Å². The smallest absolute Gasteiger partial charge is 0.279 e. The molecule has 0 aliphatic heterocycles. The molecular weight excluding hydrogens is 364 g/mol. The van der Waals surface area contributed by atoms with Gasteiger partial charge in [0.15, 0.2) is 12.4 Å². The Hall–Kier alpha value is -2.67. The first-order valence-electron chi connectivity index (χ1n) is 9.03. The summed E-state index contributed by atoms with van der Waals surface area (Å²) in [5, 5.41) is 0. The molecule has 6 nitrogen and oxygen atoms in total. The highest BCUT2D eigenvalue weighted by atomic mass is 32.1. The number of benzene rings is 1. The third-order valence-electron chi connectivity index (χ3n) is 4.40. The molecule has 142 valence electrons. The van der Waals surface area contributed by atoms with E-state index in [1.165, 1.54) is 21.8 Å². The number of amides is 2. The first-order chi connectivity index (χ1) is 13.1. The Morgan fingerprint density at radius 3 is 2.52 bits per heavy atom. The van der Waals surface area contributed by atoms with Crippen LogP contribution in [-0.4, -0.2) is 24.2 Å². The standard InChI is InChI=1S/C20H22N2O4S/c1-2-16(23)13-7-9-15(10-8-13)26-12-19(24)21-22-20(25)18-11-14-5-3-4-6-17(14)27-18/h7-11H,2-6,12H2,1H3,(H,21,24)(H,22,25). The summed E-state index contributed by atoms with van der Waals surface area (Å²) in [5.41, 5.74) is 6.64. The van der Waals surface area contributed by atoms with Gasteiger partial charge >= 0.3 is 0 Å². The lowest BCUT2D eigenvalue weighted by atomic mass is 9.99. The molecular formula is C20H22N2O4S. The van der Waals surface area contributed by atoms with Crippen LogP contribution in [0.3, 0.4) is 0 Å². The fourth-order valence-electron chi connectivity index (χ4n) is 2.92. The first-order valence-corrected chi connectivity index (χ1v) is 9.85. The van der Waals surface area contributed by atoms with E-state index in [9.17, 15) is 14.4 Å². The molecule has 2 aromatic rings. The van der Waals surface area contributed by atoms with Crippen molar-refractivity contribution in [1.29, 1.82) is 0 Å². The normalized spacial score (nSPS) is 12.8. The van der Waals surface area contributed by atoms with Crippen molar-refractivity contribution in [3.05, 3.63) is 51.2 Å². The van der Waals surface area contributed by atoms with E-state index in [1.807, 2.05) is 6.07 Å². The number of hydrazine groups is 1. The third-order valence-corrected chi connectivity index (χ3v) is 5.64. The summed E-state index contributed by atoms with van der Waals surface area (Å²) >= 11 is 1.49. The van der Waals surface area contributed by atoms with Crippen LogP contribution in [0, 0.1) is 0 Å². The van der Waals surface area contributed by atoms with Crippen molar-refractivity contribution >= 4 is 28.9 Å². The van der Waals surface area contributed by atoms with Gasteiger partial charge in [0.2, 0.25) is 0 Å². The Labute approximate surface area is 161 Å². The summed E-state index contributed by atoms with van der Waals surface area (Å²) in [4.78, 5) is 37.5. The Morgan fingerprint density at radius 1 is 1.07 bits per heavy atom. The van der Waals surface area contributed by atoms with Gasteiger partial charge in [0.25, 0.3) is 11.8 Å². The molecule has 0 saturated heterocycles. The van der Waals surface area contributed by atoms with Crippen LogP contribution in [0.4, 0.5) is 0 Å². The summed E-state index contributed by atoms with van der Waals surface area (Å²) in [6.07, 6.45) is 4.80. The number of ketones is 1. The first kappa shape index (κ1) is 19.1. The fourth-order valence-corrected chi connectivity index (χ4v) is 4.07. The van der Waals surface area contributed by atoms with Crippen molar-refractivity contribution in [2.75, 3.05) is 6.61 Å². The Morgan fingerprint density at radius 2 is 1.81 bits per heavy atom. The highest BCUT2D eigenvalue weighted by Gasteiger charge is 2.17. The molecule has 3 rings (SSSR count). The van der Waals surface area contributed by atoms with E-state index in [-0.39, 0.29) is 18.3 Å². The molecule has 1 heterocycles. The number of carbonyl (C=O) groups excluding carboxylic acids is 3. The van der Waals surface area contributed by atoms with Crippen LogP contribution in [-0.2, 0) is 17.6 Å². The van der Waals surface area contributed by atoms with Crippen molar-refractivity contribution in [3.63, 3.8) is 0 Å². The maximum Gasteiger partial charge on any atom is 0.279 e. The SMILES string of the molecule is CCC(=O)c1ccc(OCC(=O)NNC(=O)c2cc3c(s2)CCCC3)cc1. The van der Waals surface area contributed by atoms with Crippen LogP contribution in [0.2, 0.25) is 0 Å². The lowest BCUT2D eigenvalue weighted by Crippen LogP contribution is -2.43. The molecule has 0 radical (unpaired) electrons.